The molecule has 132 valence electrons. The molecule has 3 rings (SSSR count). The van der Waals surface area contributed by atoms with Gasteiger partial charge in [-0.1, -0.05) is 42.5 Å². The fourth-order valence-electron chi connectivity index (χ4n) is 2.57. The number of rotatable bonds is 3. The molecule has 26 heavy (non-hydrogen) atoms. The fraction of sp³-hybridized carbons (Fsp3) is 0.100. The lowest BCUT2D eigenvalue weighted by Gasteiger charge is -2.12. The number of methoxy groups -OCH3 is 1. The van der Waals surface area contributed by atoms with Crippen molar-refractivity contribution in [3.8, 4) is 22.4 Å². The number of carbonyl (C=O) groups excluding carboxylic acids is 1. The van der Waals surface area contributed by atoms with Crippen molar-refractivity contribution in [2.24, 2.45) is 0 Å². The van der Waals surface area contributed by atoms with E-state index in [0.717, 1.165) is 17.7 Å². The van der Waals surface area contributed by atoms with Crippen LogP contribution in [0.2, 0.25) is 0 Å². The first-order valence-corrected chi connectivity index (χ1v) is 7.72. The van der Waals surface area contributed by atoms with E-state index in [1.54, 1.807) is 6.07 Å². The molecule has 0 radical (unpaired) electrons. The number of esters is 1. The van der Waals surface area contributed by atoms with Gasteiger partial charge in [-0.2, -0.15) is 13.2 Å². The van der Waals surface area contributed by atoms with Crippen LogP contribution in [0.25, 0.3) is 22.4 Å². The predicted molar refractivity (Wildman–Crippen MR) is 91.5 cm³/mol. The number of hydrogen-bond donors (Lipinski definition) is 0. The molecular weight excluding hydrogens is 343 g/mol. The summed E-state index contributed by atoms with van der Waals surface area (Å²) in [6.07, 6.45) is -4.41. The molecule has 0 aliphatic heterocycles. The molecule has 0 N–H and O–H groups in total. The summed E-state index contributed by atoms with van der Waals surface area (Å²) in [5.74, 6) is -0.613. The molecule has 0 unspecified atom stereocenters. The van der Waals surface area contributed by atoms with Crippen LogP contribution in [0, 0.1) is 0 Å². The second-order valence-corrected chi connectivity index (χ2v) is 5.53. The minimum atomic E-state index is -4.41. The maximum absolute atomic E-state index is 12.8. The molecule has 0 saturated carbocycles. The van der Waals surface area contributed by atoms with Gasteiger partial charge in [-0.05, 0) is 29.8 Å². The second kappa shape index (κ2) is 7.00. The Bertz CT molecular complexity index is 920. The van der Waals surface area contributed by atoms with Crippen molar-refractivity contribution >= 4 is 5.97 Å². The Labute approximate surface area is 148 Å². The lowest BCUT2D eigenvalue weighted by Crippen LogP contribution is -2.06. The van der Waals surface area contributed by atoms with E-state index in [1.807, 2.05) is 30.3 Å². The van der Waals surface area contributed by atoms with Crippen molar-refractivity contribution in [3.63, 3.8) is 0 Å². The summed E-state index contributed by atoms with van der Waals surface area (Å²) in [4.78, 5) is 16.1. The first kappa shape index (κ1) is 17.7. The van der Waals surface area contributed by atoms with E-state index >= 15 is 0 Å². The smallest absolute Gasteiger partial charge is 0.416 e. The van der Waals surface area contributed by atoms with E-state index in [2.05, 4.69) is 9.72 Å². The number of aromatic nitrogens is 1. The Kier molecular flexibility index (Phi) is 4.75. The number of hydrogen-bond acceptors (Lipinski definition) is 3. The van der Waals surface area contributed by atoms with Crippen molar-refractivity contribution in [2.75, 3.05) is 7.11 Å². The summed E-state index contributed by atoms with van der Waals surface area (Å²) in [7, 11) is 1.24. The number of alkyl halides is 3. The van der Waals surface area contributed by atoms with Gasteiger partial charge in [-0.15, -0.1) is 0 Å². The number of halogens is 3. The van der Waals surface area contributed by atoms with Crippen molar-refractivity contribution in [1.82, 2.24) is 4.98 Å². The molecule has 1 aromatic heterocycles. The van der Waals surface area contributed by atoms with Gasteiger partial charge < -0.3 is 4.74 Å². The number of nitrogens with zero attached hydrogens (tertiary/aromatic N) is 1. The largest absolute Gasteiger partial charge is 0.464 e. The maximum atomic E-state index is 12.8. The molecule has 0 atom stereocenters. The molecule has 0 amide bonds. The molecule has 1 heterocycles. The molecule has 0 aliphatic carbocycles. The SMILES string of the molecule is COC(=O)c1ccc(-c2ccccc2)c(-c2ccc(C(F)(F)F)cc2)n1. The van der Waals surface area contributed by atoms with Crippen molar-refractivity contribution in [3.05, 3.63) is 78.0 Å². The molecule has 0 spiro atoms. The summed E-state index contributed by atoms with van der Waals surface area (Å²) >= 11 is 0. The maximum Gasteiger partial charge on any atom is 0.416 e. The second-order valence-electron chi connectivity index (χ2n) is 5.53. The Morgan fingerprint density at radius 1 is 0.885 bits per heavy atom. The lowest BCUT2D eigenvalue weighted by molar-refractivity contribution is -0.137. The molecule has 0 fully saturated rings. The van der Waals surface area contributed by atoms with Gasteiger partial charge in [-0.3, -0.25) is 0 Å². The Morgan fingerprint density at radius 2 is 1.54 bits per heavy atom. The first-order chi connectivity index (χ1) is 12.4. The average molecular weight is 357 g/mol. The zero-order valence-corrected chi connectivity index (χ0v) is 13.7. The monoisotopic (exact) mass is 357 g/mol. The Hall–Kier alpha value is -3.15. The molecule has 0 saturated heterocycles. The van der Waals surface area contributed by atoms with Gasteiger partial charge in [0.05, 0.1) is 18.4 Å². The van der Waals surface area contributed by atoms with Gasteiger partial charge in [-0.25, -0.2) is 9.78 Å². The lowest BCUT2D eigenvalue weighted by atomic mass is 9.98. The van der Waals surface area contributed by atoms with Crippen LogP contribution in [-0.2, 0) is 10.9 Å². The molecule has 0 aliphatic rings. The highest BCUT2D eigenvalue weighted by molar-refractivity contribution is 5.90. The highest BCUT2D eigenvalue weighted by Gasteiger charge is 2.30. The molecule has 3 aromatic rings. The third-order valence-corrected chi connectivity index (χ3v) is 3.86. The summed E-state index contributed by atoms with van der Waals surface area (Å²) < 4.78 is 43.1. The molecular formula is C20H14F3NO2. The standard InChI is InChI=1S/C20H14F3NO2/c1-26-19(25)17-12-11-16(13-5-3-2-4-6-13)18(24-17)14-7-9-15(10-8-14)20(21,22)23/h2-12H,1H3. The van der Waals surface area contributed by atoms with Gasteiger partial charge in [0.15, 0.2) is 0 Å². The highest BCUT2D eigenvalue weighted by atomic mass is 19.4. The van der Waals surface area contributed by atoms with Gasteiger partial charge >= 0.3 is 12.1 Å². The van der Waals surface area contributed by atoms with E-state index in [4.69, 9.17) is 0 Å². The number of benzene rings is 2. The van der Waals surface area contributed by atoms with Crippen LogP contribution >= 0.6 is 0 Å². The van der Waals surface area contributed by atoms with Gasteiger partial charge in [0, 0.05) is 11.1 Å². The molecule has 0 bridgehead atoms. The minimum Gasteiger partial charge on any atom is -0.464 e. The summed E-state index contributed by atoms with van der Waals surface area (Å²) in [6, 6.07) is 17.2. The molecule has 2 aromatic carbocycles. The van der Waals surface area contributed by atoms with Crippen molar-refractivity contribution in [2.45, 2.75) is 6.18 Å². The van der Waals surface area contributed by atoms with Crippen LogP contribution in [0.5, 0.6) is 0 Å². The number of carbonyl (C=O) groups is 1. The number of pyridine rings is 1. The quantitative estimate of drug-likeness (QED) is 0.603. The van der Waals surface area contributed by atoms with Gasteiger partial charge in [0.2, 0.25) is 0 Å². The minimum absolute atomic E-state index is 0.0853. The van der Waals surface area contributed by atoms with Crippen LogP contribution in [-0.4, -0.2) is 18.1 Å². The summed E-state index contributed by atoms with van der Waals surface area (Å²) in [6.45, 7) is 0. The average Bonchev–Trinajstić information content (AvgIpc) is 2.67. The first-order valence-electron chi connectivity index (χ1n) is 7.72. The van der Waals surface area contributed by atoms with Crippen LogP contribution in [0.4, 0.5) is 13.2 Å². The van der Waals surface area contributed by atoms with Crippen LogP contribution in [0.1, 0.15) is 16.1 Å². The van der Waals surface area contributed by atoms with Gasteiger partial charge in [0.25, 0.3) is 0 Å². The van der Waals surface area contributed by atoms with Crippen molar-refractivity contribution in [1.29, 1.82) is 0 Å². The zero-order valence-electron chi connectivity index (χ0n) is 13.7. The van der Waals surface area contributed by atoms with E-state index in [0.29, 0.717) is 16.8 Å². The topological polar surface area (TPSA) is 39.2 Å². The van der Waals surface area contributed by atoms with E-state index in [1.165, 1.54) is 25.3 Å². The third-order valence-electron chi connectivity index (χ3n) is 3.86. The third kappa shape index (κ3) is 3.59. The van der Waals surface area contributed by atoms with E-state index in [9.17, 15) is 18.0 Å². The zero-order chi connectivity index (χ0) is 18.7. The fourth-order valence-corrected chi connectivity index (χ4v) is 2.57. The van der Waals surface area contributed by atoms with Crippen molar-refractivity contribution < 1.29 is 22.7 Å². The summed E-state index contributed by atoms with van der Waals surface area (Å²) in [5, 5.41) is 0. The Morgan fingerprint density at radius 3 is 2.12 bits per heavy atom. The predicted octanol–water partition coefficient (Wildman–Crippen LogP) is 5.22. The Balaban J connectivity index is 2.15. The van der Waals surface area contributed by atoms with Crippen LogP contribution < -0.4 is 0 Å². The van der Waals surface area contributed by atoms with Crippen LogP contribution in [0.3, 0.4) is 0 Å². The number of ether oxygens (including phenoxy) is 1. The molecule has 6 heteroatoms. The van der Waals surface area contributed by atoms with E-state index in [-0.39, 0.29) is 5.69 Å². The van der Waals surface area contributed by atoms with E-state index < -0.39 is 17.7 Å². The highest BCUT2D eigenvalue weighted by Crippen LogP contribution is 2.34. The van der Waals surface area contributed by atoms with Crippen LogP contribution in [0.15, 0.2) is 66.7 Å². The normalized spacial score (nSPS) is 11.2. The summed E-state index contributed by atoms with van der Waals surface area (Å²) in [5.41, 5.74) is 1.77. The van der Waals surface area contributed by atoms with Gasteiger partial charge in [0.1, 0.15) is 5.69 Å². The molecule has 3 nitrogen and oxygen atoms in total.